The minimum absolute atomic E-state index is 0.0456. The fraction of sp³-hybridized carbons (Fsp3) is 0.450. The first-order valence-electron chi connectivity index (χ1n) is 27.5. The number of hydrogen-bond donors (Lipinski definition) is 7. The monoisotopic (exact) mass is 1170 g/mol. The van der Waals surface area contributed by atoms with Crippen LogP contribution in [0.2, 0.25) is 10.0 Å². The van der Waals surface area contributed by atoms with Gasteiger partial charge < -0.3 is 46.1 Å². The van der Waals surface area contributed by atoms with Crippen LogP contribution in [0.3, 0.4) is 0 Å². The number of aryl methyl sites for hydroxylation is 1. The maximum Gasteiger partial charge on any atom is 0.251 e. The predicted molar refractivity (Wildman–Crippen MR) is 309 cm³/mol. The fourth-order valence-corrected chi connectivity index (χ4v) is 13.4. The summed E-state index contributed by atoms with van der Waals surface area (Å²) in [5.41, 5.74) is 3.67. The second-order valence-electron chi connectivity index (χ2n) is 22.5. The molecule has 5 aromatic rings. The number of thiazole rings is 1. The van der Waals surface area contributed by atoms with Crippen LogP contribution in [0.4, 0.5) is 15.8 Å². The molecular weight excluding hydrogens is 1100 g/mol. The summed E-state index contributed by atoms with van der Waals surface area (Å²) in [5, 5.41) is 29.2. The van der Waals surface area contributed by atoms with Crippen molar-refractivity contribution in [1.29, 1.82) is 0 Å². The molecule has 1 saturated carbocycles. The number of aliphatic hydroxyl groups excluding tert-OH is 1. The topological polar surface area (TPSA) is 229 Å². The molecule has 17 nitrogen and oxygen atoms in total. The lowest BCUT2D eigenvalue weighted by molar-refractivity contribution is -0.144. The maximum atomic E-state index is 16.3. The van der Waals surface area contributed by atoms with E-state index in [-0.39, 0.29) is 80.8 Å². The Morgan fingerprint density at radius 2 is 1.63 bits per heavy atom. The standard InChI is InChI=1S/C60H69Cl2FN8O9S/c1-34(36-12-14-37(15-13-36)51-35(2)65-33-81-51)66-54(75)46-31-41(72)32-71(46)56(77)52(58(3,4)5)69-47(73)22-26-79-28-29-80-27-25-64-53(74)38-16-19-40(20-17-38)67-55(76)50-48(42-10-9-11-44(62)49(42)63)60(59(70-50)23-7-6-8-24-59)43-21-18-39(61)30-45(43)68-57(60)78/h9-21,30,33-34,41,46,48,50,52,70,72H,6-8,22-29,31-32H2,1-5H3,(H,64,74)(H,66,75)(H,67,76)(H,68,78)(H,69,73)/t34-,41+,46-,48-,50+,52+,60+/m0/s1. The second-order valence-corrected chi connectivity index (χ2v) is 24.2. The Morgan fingerprint density at radius 1 is 0.914 bits per heavy atom. The third-order valence-electron chi connectivity index (χ3n) is 16.2. The largest absolute Gasteiger partial charge is 0.391 e. The van der Waals surface area contributed by atoms with E-state index in [1.165, 1.54) is 11.0 Å². The molecule has 0 bridgehead atoms. The predicted octanol–water partition coefficient (Wildman–Crippen LogP) is 8.37. The van der Waals surface area contributed by atoms with Crippen LogP contribution in [0.1, 0.15) is 117 Å². The van der Waals surface area contributed by atoms with Gasteiger partial charge >= 0.3 is 0 Å². The molecule has 7 N–H and O–H groups in total. The molecule has 9 rings (SSSR count). The Balaban J connectivity index is 0.715. The van der Waals surface area contributed by atoms with Crippen LogP contribution >= 0.6 is 34.5 Å². The molecule has 81 heavy (non-hydrogen) atoms. The number of ether oxygens (including phenoxy) is 2. The van der Waals surface area contributed by atoms with E-state index in [9.17, 15) is 33.9 Å². The minimum atomic E-state index is -1.38. The Labute approximate surface area is 484 Å². The molecule has 0 unspecified atom stereocenters. The van der Waals surface area contributed by atoms with Gasteiger partial charge in [-0.25, -0.2) is 9.37 Å². The zero-order chi connectivity index (χ0) is 57.8. The van der Waals surface area contributed by atoms with Crippen molar-refractivity contribution in [3.8, 4) is 10.4 Å². The van der Waals surface area contributed by atoms with E-state index in [0.29, 0.717) is 40.4 Å². The van der Waals surface area contributed by atoms with E-state index in [2.05, 4.69) is 36.9 Å². The number of aromatic nitrogens is 1. The quantitative estimate of drug-likeness (QED) is 0.0389. The van der Waals surface area contributed by atoms with Gasteiger partial charge in [0.15, 0.2) is 0 Å². The molecule has 1 aliphatic carbocycles. The summed E-state index contributed by atoms with van der Waals surface area (Å²) in [5.74, 6) is -4.18. The van der Waals surface area contributed by atoms with Crippen LogP contribution in [0, 0.1) is 18.2 Å². The van der Waals surface area contributed by atoms with Crippen molar-refractivity contribution in [3.63, 3.8) is 0 Å². The van der Waals surface area contributed by atoms with E-state index < -0.39 is 76.0 Å². The molecule has 4 aliphatic rings. The first-order chi connectivity index (χ1) is 38.7. The number of rotatable bonds is 19. The molecule has 6 amide bonds. The summed E-state index contributed by atoms with van der Waals surface area (Å²) >= 11 is 14.4. The number of carbonyl (C=O) groups excluding carboxylic acids is 6. The van der Waals surface area contributed by atoms with Crippen molar-refractivity contribution >= 4 is 81.4 Å². The van der Waals surface area contributed by atoms with Crippen molar-refractivity contribution < 1.29 is 47.7 Å². The van der Waals surface area contributed by atoms with Crippen LogP contribution in [-0.4, -0.2) is 120 Å². The van der Waals surface area contributed by atoms with Gasteiger partial charge in [-0.15, -0.1) is 11.3 Å². The van der Waals surface area contributed by atoms with Gasteiger partial charge in [-0.1, -0.05) is 106 Å². The van der Waals surface area contributed by atoms with Gasteiger partial charge in [-0.2, -0.15) is 0 Å². The minimum Gasteiger partial charge on any atom is -0.391 e. The number of amides is 6. The Kier molecular flexibility index (Phi) is 18.3. The van der Waals surface area contributed by atoms with Gasteiger partial charge in [-0.05, 0) is 96.8 Å². The third-order valence-corrected chi connectivity index (χ3v) is 17.7. The number of fused-ring (bicyclic) bond motifs is 3. The normalized spacial score (nSPS) is 21.8. The van der Waals surface area contributed by atoms with E-state index in [1.54, 1.807) is 71.4 Å². The maximum absolute atomic E-state index is 16.3. The Morgan fingerprint density at radius 3 is 2.32 bits per heavy atom. The number of nitrogens with one attached hydrogen (secondary N) is 6. The average molecular weight is 1170 g/mol. The third kappa shape index (κ3) is 12.4. The lowest BCUT2D eigenvalue weighted by atomic mass is 9.55. The zero-order valence-corrected chi connectivity index (χ0v) is 48.3. The van der Waals surface area contributed by atoms with Gasteiger partial charge in [-0.3, -0.25) is 34.1 Å². The molecular formula is C60H69Cl2FN8O9S. The fourth-order valence-electron chi connectivity index (χ4n) is 12.2. The summed E-state index contributed by atoms with van der Waals surface area (Å²) < 4.78 is 27.6. The highest BCUT2D eigenvalue weighted by Crippen LogP contribution is 2.63. The number of hydrogen-bond acceptors (Lipinski definition) is 12. The first-order valence-corrected chi connectivity index (χ1v) is 29.1. The summed E-state index contributed by atoms with van der Waals surface area (Å²) in [6.07, 6.45) is 2.81. The molecule has 0 radical (unpaired) electrons. The van der Waals surface area contributed by atoms with Gasteiger partial charge in [0, 0.05) is 59.3 Å². The average Bonchev–Trinajstić information content (AvgIpc) is 3.40. The van der Waals surface area contributed by atoms with Gasteiger partial charge in [0.25, 0.3) is 5.91 Å². The Bertz CT molecular complexity index is 3150. The van der Waals surface area contributed by atoms with Crippen molar-refractivity contribution in [3.05, 3.63) is 134 Å². The highest BCUT2D eigenvalue weighted by molar-refractivity contribution is 7.13. The summed E-state index contributed by atoms with van der Waals surface area (Å²) in [6, 6.07) is 20.7. The molecule has 4 aromatic carbocycles. The molecule has 7 atom stereocenters. The number of aliphatic hydroxyl groups is 1. The first kappa shape index (κ1) is 59.3. The molecule has 21 heteroatoms. The highest BCUT2D eigenvalue weighted by atomic mass is 35.5. The van der Waals surface area contributed by atoms with Gasteiger partial charge in [0.05, 0.1) is 65.7 Å². The number of nitrogens with zero attached hydrogens (tertiary/aromatic N) is 2. The smallest absolute Gasteiger partial charge is 0.251 e. The van der Waals surface area contributed by atoms with E-state index in [4.69, 9.17) is 32.7 Å². The molecule has 2 saturated heterocycles. The van der Waals surface area contributed by atoms with Crippen LogP contribution in [0.5, 0.6) is 0 Å². The molecule has 2 spiro atoms. The summed E-state index contributed by atoms with van der Waals surface area (Å²) in [7, 11) is 0. The summed E-state index contributed by atoms with van der Waals surface area (Å²) in [4.78, 5) is 90.1. The van der Waals surface area contributed by atoms with E-state index >= 15 is 4.39 Å². The number of likely N-dealkylation sites (tertiary alicyclic amines) is 1. The van der Waals surface area contributed by atoms with Crippen molar-refractivity contribution in [1.82, 2.24) is 31.2 Å². The van der Waals surface area contributed by atoms with Crippen LogP contribution in [-0.2, 0) is 38.9 Å². The number of halogens is 3. The van der Waals surface area contributed by atoms with Crippen LogP contribution in [0.15, 0.2) is 90.4 Å². The summed E-state index contributed by atoms with van der Waals surface area (Å²) in [6.45, 7) is 9.97. The number of benzene rings is 4. The zero-order valence-electron chi connectivity index (χ0n) is 46.0. The number of carbonyl (C=O) groups is 6. The van der Waals surface area contributed by atoms with Crippen LogP contribution in [0.25, 0.3) is 10.4 Å². The van der Waals surface area contributed by atoms with E-state index in [1.807, 2.05) is 58.9 Å². The van der Waals surface area contributed by atoms with Gasteiger partial charge in [0.1, 0.15) is 23.3 Å². The lowest BCUT2D eigenvalue weighted by Crippen LogP contribution is -2.60. The SMILES string of the molecule is Cc1ncsc1-c1ccc([C@H](C)NC(=O)[C@@H]2C[C@@H](O)CN2C(=O)[C@@H](NC(=O)CCOCCOCCNC(=O)c2ccc(NC(=O)[C@@H]3NC4(CCCCC4)[C@@]4(C(=O)Nc5cc(Cl)ccc54)[C@H]3c3cccc(Cl)c3F)cc2)C(C)(C)C)cc1. The molecule has 4 heterocycles. The molecule has 430 valence electrons. The molecule has 3 fully saturated rings. The van der Waals surface area contributed by atoms with E-state index in [0.717, 1.165) is 41.0 Å². The number of anilines is 2. The van der Waals surface area contributed by atoms with Crippen molar-refractivity contribution in [2.24, 2.45) is 5.41 Å². The lowest BCUT2D eigenvalue weighted by Gasteiger charge is -2.47. The number of β-amino-alcohol motifs (C(OH)–C–C–N with tert-alkyl or cyclic N) is 1. The molecule has 3 aliphatic heterocycles. The van der Waals surface area contributed by atoms with Crippen molar-refractivity contribution in [2.45, 2.75) is 127 Å². The highest BCUT2D eigenvalue weighted by Gasteiger charge is 2.72. The second kappa shape index (κ2) is 25.0. The molecule has 1 aromatic heterocycles. The van der Waals surface area contributed by atoms with Gasteiger partial charge in [0.2, 0.25) is 29.5 Å². The Hall–Kier alpha value is -6.32. The van der Waals surface area contributed by atoms with Crippen molar-refractivity contribution in [2.75, 3.05) is 50.2 Å². The van der Waals surface area contributed by atoms with Crippen LogP contribution < -0.4 is 31.9 Å².